The highest BCUT2D eigenvalue weighted by molar-refractivity contribution is 5.12. The van der Waals surface area contributed by atoms with E-state index >= 15 is 0 Å². The summed E-state index contributed by atoms with van der Waals surface area (Å²) in [5.74, 6) is 1.58. The molecule has 0 aromatic carbocycles. The highest BCUT2D eigenvalue weighted by Gasteiger charge is 2.36. The Hall–Kier alpha value is -1.90. The number of hydrogen-bond donors (Lipinski definition) is 0. The van der Waals surface area contributed by atoms with Gasteiger partial charge in [0.15, 0.2) is 5.69 Å². The molecule has 6 nitrogen and oxygen atoms in total. The molecule has 0 radical (unpaired) electrons. The van der Waals surface area contributed by atoms with E-state index in [0.29, 0.717) is 37.1 Å². The van der Waals surface area contributed by atoms with E-state index in [1.54, 1.807) is 7.05 Å². The second-order valence-electron chi connectivity index (χ2n) is 6.11. The molecule has 2 aromatic rings. The van der Waals surface area contributed by atoms with Gasteiger partial charge in [0.25, 0.3) is 0 Å². The molecule has 1 unspecified atom stereocenters. The Morgan fingerprint density at radius 2 is 2.04 bits per heavy atom. The summed E-state index contributed by atoms with van der Waals surface area (Å²) >= 11 is 0. The lowest BCUT2D eigenvalue weighted by Crippen LogP contribution is -2.34. The van der Waals surface area contributed by atoms with Crippen molar-refractivity contribution in [1.82, 2.24) is 24.6 Å². The Bertz CT molecular complexity index is 694. The van der Waals surface area contributed by atoms with E-state index in [-0.39, 0.29) is 5.92 Å². The van der Waals surface area contributed by atoms with Crippen LogP contribution in [0.5, 0.6) is 0 Å². The highest BCUT2D eigenvalue weighted by atomic mass is 19.4. The molecule has 2 aromatic heterocycles. The number of aromatic nitrogens is 4. The predicted molar refractivity (Wildman–Crippen MR) is 79.1 cm³/mol. The fourth-order valence-corrected chi connectivity index (χ4v) is 3.09. The predicted octanol–water partition coefficient (Wildman–Crippen LogP) is 2.76. The van der Waals surface area contributed by atoms with Gasteiger partial charge in [-0.25, -0.2) is 4.98 Å². The molecule has 3 heterocycles. The van der Waals surface area contributed by atoms with Crippen molar-refractivity contribution in [2.24, 2.45) is 7.05 Å². The van der Waals surface area contributed by atoms with Crippen LogP contribution in [-0.4, -0.2) is 37.7 Å². The molecule has 132 valence electrons. The van der Waals surface area contributed by atoms with Crippen LogP contribution in [0.4, 0.5) is 13.2 Å². The first-order valence-electron chi connectivity index (χ1n) is 8.01. The number of alkyl halides is 3. The minimum atomic E-state index is -4.41. The van der Waals surface area contributed by atoms with Crippen molar-refractivity contribution in [3.8, 4) is 0 Å². The van der Waals surface area contributed by atoms with Crippen LogP contribution in [0.1, 0.15) is 49.0 Å². The lowest BCUT2D eigenvalue weighted by Gasteiger charge is -2.31. The second kappa shape index (κ2) is 6.54. The summed E-state index contributed by atoms with van der Waals surface area (Å²) in [5, 5.41) is 7.94. The summed E-state index contributed by atoms with van der Waals surface area (Å²) in [6.45, 7) is 3.94. The SMILES string of the molecule is CCc1nnc(CN2CCCC(c3nc(C(F)(F)F)cn3C)C2)o1. The Balaban J connectivity index is 1.70. The average Bonchev–Trinajstić information content (AvgIpc) is 3.13. The fraction of sp³-hybridized carbons (Fsp3) is 0.667. The van der Waals surface area contributed by atoms with Crippen LogP contribution < -0.4 is 0 Å². The van der Waals surface area contributed by atoms with E-state index in [1.165, 1.54) is 4.57 Å². The Kier molecular flexibility index (Phi) is 4.62. The Morgan fingerprint density at radius 1 is 1.29 bits per heavy atom. The molecule has 1 aliphatic heterocycles. The quantitative estimate of drug-likeness (QED) is 0.854. The van der Waals surface area contributed by atoms with Crippen LogP contribution in [0.2, 0.25) is 0 Å². The third-order valence-electron chi connectivity index (χ3n) is 4.24. The Morgan fingerprint density at radius 3 is 2.67 bits per heavy atom. The average molecular weight is 343 g/mol. The third kappa shape index (κ3) is 3.61. The molecule has 0 saturated carbocycles. The van der Waals surface area contributed by atoms with Gasteiger partial charge in [0.05, 0.1) is 6.54 Å². The van der Waals surface area contributed by atoms with Gasteiger partial charge in [-0.3, -0.25) is 4.90 Å². The van der Waals surface area contributed by atoms with Gasteiger partial charge in [-0.15, -0.1) is 10.2 Å². The van der Waals surface area contributed by atoms with Crippen molar-refractivity contribution in [2.75, 3.05) is 13.1 Å². The summed E-state index contributed by atoms with van der Waals surface area (Å²) in [7, 11) is 1.61. The van der Waals surface area contributed by atoms with E-state index < -0.39 is 11.9 Å². The van der Waals surface area contributed by atoms with Gasteiger partial charge in [-0.1, -0.05) is 6.92 Å². The highest BCUT2D eigenvalue weighted by Crippen LogP contribution is 2.32. The molecule has 1 saturated heterocycles. The van der Waals surface area contributed by atoms with Gasteiger partial charge < -0.3 is 8.98 Å². The lowest BCUT2D eigenvalue weighted by molar-refractivity contribution is -0.141. The molecule has 1 atom stereocenters. The number of nitrogens with zero attached hydrogens (tertiary/aromatic N) is 5. The molecule has 0 amide bonds. The summed E-state index contributed by atoms with van der Waals surface area (Å²) in [6, 6.07) is 0. The van der Waals surface area contributed by atoms with Crippen LogP contribution in [0, 0.1) is 0 Å². The molecule has 24 heavy (non-hydrogen) atoms. The Labute approximate surface area is 137 Å². The van der Waals surface area contributed by atoms with Crippen LogP contribution in [0.25, 0.3) is 0 Å². The largest absolute Gasteiger partial charge is 0.434 e. The van der Waals surface area contributed by atoms with Gasteiger partial charge in [-0.2, -0.15) is 13.2 Å². The van der Waals surface area contributed by atoms with Crippen LogP contribution in [0.15, 0.2) is 10.6 Å². The zero-order valence-electron chi connectivity index (χ0n) is 13.7. The van der Waals surface area contributed by atoms with Gasteiger partial charge in [0, 0.05) is 32.1 Å². The van der Waals surface area contributed by atoms with Gasteiger partial charge in [0.1, 0.15) is 5.82 Å². The number of imidazole rings is 1. The van der Waals surface area contributed by atoms with Crippen molar-refractivity contribution >= 4 is 0 Å². The number of rotatable bonds is 4. The molecule has 0 bridgehead atoms. The molecular formula is C15H20F3N5O. The van der Waals surface area contributed by atoms with Crippen molar-refractivity contribution in [3.63, 3.8) is 0 Å². The molecule has 1 aliphatic rings. The molecule has 0 spiro atoms. The zero-order valence-corrected chi connectivity index (χ0v) is 13.7. The van der Waals surface area contributed by atoms with E-state index in [9.17, 15) is 13.2 Å². The maximum absolute atomic E-state index is 12.8. The number of piperidine rings is 1. The van der Waals surface area contributed by atoms with Crippen molar-refractivity contribution in [1.29, 1.82) is 0 Å². The van der Waals surface area contributed by atoms with Crippen molar-refractivity contribution in [3.05, 3.63) is 29.5 Å². The van der Waals surface area contributed by atoms with E-state index in [4.69, 9.17) is 4.42 Å². The molecule has 0 N–H and O–H groups in total. The number of halogens is 3. The number of hydrogen-bond acceptors (Lipinski definition) is 5. The summed E-state index contributed by atoms with van der Waals surface area (Å²) in [4.78, 5) is 5.95. The standard InChI is InChI=1S/C15H20F3N5O/c1-3-12-20-21-13(24-12)9-23-6-4-5-10(7-23)14-19-11(8-22(14)2)15(16,17)18/h8,10H,3-7,9H2,1-2H3. The number of aryl methyl sites for hydroxylation is 2. The van der Waals surface area contributed by atoms with E-state index in [2.05, 4.69) is 20.1 Å². The van der Waals surface area contributed by atoms with E-state index in [0.717, 1.165) is 25.6 Å². The zero-order chi connectivity index (χ0) is 17.3. The van der Waals surface area contributed by atoms with Crippen molar-refractivity contribution < 1.29 is 17.6 Å². The maximum atomic E-state index is 12.8. The summed E-state index contributed by atoms with van der Waals surface area (Å²) < 4.78 is 45.5. The first kappa shape index (κ1) is 16.9. The van der Waals surface area contributed by atoms with Crippen LogP contribution >= 0.6 is 0 Å². The lowest BCUT2D eigenvalue weighted by atomic mass is 9.97. The summed E-state index contributed by atoms with van der Waals surface area (Å²) in [6.07, 6.45) is -0.954. The normalized spacial score (nSPS) is 19.8. The molecule has 0 aliphatic carbocycles. The minimum absolute atomic E-state index is 0.0339. The third-order valence-corrected chi connectivity index (χ3v) is 4.24. The molecule has 9 heteroatoms. The second-order valence-corrected chi connectivity index (χ2v) is 6.11. The smallest absolute Gasteiger partial charge is 0.424 e. The summed E-state index contributed by atoms with van der Waals surface area (Å²) in [5.41, 5.74) is -0.832. The molecule has 1 fully saturated rings. The first-order chi connectivity index (χ1) is 11.4. The van der Waals surface area contributed by atoms with Crippen LogP contribution in [-0.2, 0) is 26.2 Å². The van der Waals surface area contributed by atoms with E-state index in [1.807, 2.05) is 6.92 Å². The van der Waals surface area contributed by atoms with Crippen LogP contribution in [0.3, 0.4) is 0 Å². The first-order valence-corrected chi connectivity index (χ1v) is 8.01. The topological polar surface area (TPSA) is 60.0 Å². The monoisotopic (exact) mass is 343 g/mol. The fourth-order valence-electron chi connectivity index (χ4n) is 3.09. The van der Waals surface area contributed by atoms with Gasteiger partial charge in [-0.05, 0) is 19.4 Å². The molecular weight excluding hydrogens is 323 g/mol. The van der Waals surface area contributed by atoms with Gasteiger partial charge in [0.2, 0.25) is 11.8 Å². The minimum Gasteiger partial charge on any atom is -0.424 e. The van der Waals surface area contributed by atoms with Crippen molar-refractivity contribution in [2.45, 2.75) is 44.8 Å². The number of likely N-dealkylation sites (tertiary alicyclic amines) is 1. The maximum Gasteiger partial charge on any atom is 0.434 e. The molecule has 3 rings (SSSR count). The van der Waals surface area contributed by atoms with Gasteiger partial charge >= 0.3 is 6.18 Å².